The molecule has 0 aromatic carbocycles. The summed E-state index contributed by atoms with van der Waals surface area (Å²) in [6, 6.07) is 1.03. The van der Waals surface area contributed by atoms with E-state index in [1.54, 1.807) is 0 Å². The van der Waals surface area contributed by atoms with Crippen LogP contribution in [0.25, 0.3) is 0 Å². The molecule has 2 saturated heterocycles. The second-order valence-electron chi connectivity index (χ2n) is 6.72. The fraction of sp³-hybridized carbons (Fsp3) is 0.938. The number of carbonyl (C=O) groups excluding carboxylic acids is 1. The molecule has 120 valence electrons. The Hall–Kier alpha value is -0.650. The molecule has 2 heterocycles. The summed E-state index contributed by atoms with van der Waals surface area (Å²) in [4.78, 5) is 17.4. The van der Waals surface area contributed by atoms with Gasteiger partial charge in [0, 0.05) is 18.6 Å². The average Bonchev–Trinajstić information content (AvgIpc) is 2.94. The molecule has 0 radical (unpaired) electrons. The lowest BCUT2D eigenvalue weighted by molar-refractivity contribution is -0.141. The molecule has 0 bridgehead atoms. The zero-order chi connectivity index (χ0) is 14.7. The number of rotatable bonds is 5. The van der Waals surface area contributed by atoms with Crippen molar-refractivity contribution < 1.29 is 9.90 Å². The minimum absolute atomic E-state index is 0.0697. The fourth-order valence-electron chi connectivity index (χ4n) is 4.10. The van der Waals surface area contributed by atoms with Gasteiger partial charge in [0.05, 0.1) is 12.6 Å². The van der Waals surface area contributed by atoms with Gasteiger partial charge in [-0.2, -0.15) is 0 Å². The summed E-state index contributed by atoms with van der Waals surface area (Å²) >= 11 is 0. The molecule has 1 unspecified atom stereocenters. The third kappa shape index (κ3) is 3.25. The minimum Gasteiger partial charge on any atom is -0.395 e. The molecule has 5 heteroatoms. The van der Waals surface area contributed by atoms with Crippen LogP contribution in [0.1, 0.15) is 44.9 Å². The molecule has 0 aromatic heterocycles. The highest BCUT2D eigenvalue weighted by molar-refractivity contribution is 5.82. The summed E-state index contributed by atoms with van der Waals surface area (Å²) in [6.45, 7) is 3.82. The number of likely N-dealkylation sites (tertiary alicyclic amines) is 1. The van der Waals surface area contributed by atoms with E-state index >= 15 is 0 Å². The van der Waals surface area contributed by atoms with E-state index in [4.69, 9.17) is 0 Å². The average molecular weight is 295 g/mol. The Labute approximate surface area is 127 Å². The Morgan fingerprint density at radius 2 is 1.90 bits per heavy atom. The number of piperidine rings is 1. The topological polar surface area (TPSA) is 55.8 Å². The Bertz CT molecular complexity index is 353. The molecule has 1 saturated carbocycles. The molecule has 5 nitrogen and oxygen atoms in total. The van der Waals surface area contributed by atoms with E-state index in [2.05, 4.69) is 10.2 Å². The first-order valence-corrected chi connectivity index (χ1v) is 8.69. The van der Waals surface area contributed by atoms with Gasteiger partial charge >= 0.3 is 0 Å². The van der Waals surface area contributed by atoms with Crippen molar-refractivity contribution in [3.63, 3.8) is 0 Å². The van der Waals surface area contributed by atoms with Gasteiger partial charge < -0.3 is 15.3 Å². The van der Waals surface area contributed by atoms with Crippen LogP contribution >= 0.6 is 0 Å². The van der Waals surface area contributed by atoms with Crippen LogP contribution in [-0.4, -0.2) is 71.7 Å². The smallest absolute Gasteiger partial charge is 0.240 e. The summed E-state index contributed by atoms with van der Waals surface area (Å²) in [6.07, 6.45) is 7.91. The van der Waals surface area contributed by atoms with Crippen LogP contribution in [0.3, 0.4) is 0 Å². The number of nitrogens with zero attached hydrogens (tertiary/aromatic N) is 2. The zero-order valence-corrected chi connectivity index (χ0v) is 13.0. The third-order valence-electron chi connectivity index (χ3n) is 5.50. The normalized spacial score (nSPS) is 28.5. The van der Waals surface area contributed by atoms with E-state index in [-0.39, 0.29) is 18.6 Å². The molecule has 1 aliphatic carbocycles. The van der Waals surface area contributed by atoms with Crippen molar-refractivity contribution in [3.8, 4) is 0 Å². The predicted molar refractivity (Wildman–Crippen MR) is 82.1 cm³/mol. The highest BCUT2D eigenvalue weighted by Crippen LogP contribution is 2.30. The fourth-order valence-corrected chi connectivity index (χ4v) is 4.10. The molecule has 21 heavy (non-hydrogen) atoms. The van der Waals surface area contributed by atoms with Crippen LogP contribution in [0.5, 0.6) is 0 Å². The molecule has 0 aromatic rings. The van der Waals surface area contributed by atoms with Gasteiger partial charge in [0.15, 0.2) is 0 Å². The second-order valence-corrected chi connectivity index (χ2v) is 6.72. The molecule has 2 aliphatic heterocycles. The molecule has 3 rings (SSSR count). The number of nitrogens with one attached hydrogen (secondary N) is 1. The van der Waals surface area contributed by atoms with Gasteiger partial charge in [0.1, 0.15) is 0 Å². The Kier molecular flexibility index (Phi) is 5.14. The molecule has 3 fully saturated rings. The first-order chi connectivity index (χ1) is 10.3. The van der Waals surface area contributed by atoms with Crippen molar-refractivity contribution >= 4 is 5.91 Å². The van der Waals surface area contributed by atoms with Crippen LogP contribution < -0.4 is 5.32 Å². The van der Waals surface area contributed by atoms with E-state index in [9.17, 15) is 9.90 Å². The first-order valence-electron chi connectivity index (χ1n) is 8.69. The number of aliphatic hydroxyl groups excluding tert-OH is 1. The maximum Gasteiger partial charge on any atom is 0.240 e. The Balaban J connectivity index is 1.65. The van der Waals surface area contributed by atoms with Gasteiger partial charge in [-0.3, -0.25) is 9.69 Å². The van der Waals surface area contributed by atoms with Crippen molar-refractivity contribution in [1.29, 1.82) is 0 Å². The summed E-state index contributed by atoms with van der Waals surface area (Å²) in [5, 5.41) is 12.7. The lowest BCUT2D eigenvalue weighted by atomic mass is 9.90. The van der Waals surface area contributed by atoms with Crippen LogP contribution in [0.2, 0.25) is 0 Å². The lowest BCUT2D eigenvalue weighted by Gasteiger charge is -2.42. The number of amides is 1. The second kappa shape index (κ2) is 7.07. The van der Waals surface area contributed by atoms with E-state index in [1.165, 1.54) is 6.42 Å². The van der Waals surface area contributed by atoms with Crippen molar-refractivity contribution in [3.05, 3.63) is 0 Å². The molecule has 0 spiro atoms. The molecule has 1 atom stereocenters. The zero-order valence-electron chi connectivity index (χ0n) is 13.0. The summed E-state index contributed by atoms with van der Waals surface area (Å²) in [5.74, 6) is 0.282. The SMILES string of the molecule is O=C(C1CCCN1C1CCNCC1)N(CCO)C1CCC1. The quantitative estimate of drug-likeness (QED) is 0.779. The Morgan fingerprint density at radius 1 is 1.14 bits per heavy atom. The van der Waals surface area contributed by atoms with Gasteiger partial charge in [-0.1, -0.05) is 0 Å². The van der Waals surface area contributed by atoms with E-state index in [1.807, 2.05) is 4.90 Å². The maximum absolute atomic E-state index is 13.0. The number of aliphatic hydroxyl groups is 1. The summed E-state index contributed by atoms with van der Waals surface area (Å²) in [7, 11) is 0. The van der Waals surface area contributed by atoms with Crippen molar-refractivity contribution in [2.24, 2.45) is 0 Å². The third-order valence-corrected chi connectivity index (χ3v) is 5.50. The highest BCUT2D eigenvalue weighted by Gasteiger charge is 2.40. The molecule has 1 amide bonds. The molecule has 3 aliphatic rings. The Morgan fingerprint density at radius 3 is 2.52 bits per heavy atom. The number of hydrogen-bond acceptors (Lipinski definition) is 4. The number of hydrogen-bond donors (Lipinski definition) is 2. The first kappa shape index (κ1) is 15.3. The highest BCUT2D eigenvalue weighted by atomic mass is 16.3. The van der Waals surface area contributed by atoms with Crippen molar-refractivity contribution in [2.45, 2.75) is 63.1 Å². The molecular weight excluding hydrogens is 266 g/mol. The van der Waals surface area contributed by atoms with Gasteiger partial charge in [-0.25, -0.2) is 0 Å². The van der Waals surface area contributed by atoms with E-state index < -0.39 is 0 Å². The van der Waals surface area contributed by atoms with Gasteiger partial charge in [-0.05, 0) is 64.6 Å². The molecule has 2 N–H and O–H groups in total. The van der Waals surface area contributed by atoms with Crippen molar-refractivity contribution in [1.82, 2.24) is 15.1 Å². The maximum atomic E-state index is 13.0. The van der Waals surface area contributed by atoms with E-state index in [0.717, 1.165) is 58.2 Å². The van der Waals surface area contributed by atoms with Crippen LogP contribution in [0.15, 0.2) is 0 Å². The van der Waals surface area contributed by atoms with Gasteiger partial charge in [0.25, 0.3) is 0 Å². The van der Waals surface area contributed by atoms with Gasteiger partial charge in [0.2, 0.25) is 5.91 Å². The lowest BCUT2D eigenvalue weighted by Crippen LogP contribution is -2.55. The van der Waals surface area contributed by atoms with Gasteiger partial charge in [-0.15, -0.1) is 0 Å². The largest absolute Gasteiger partial charge is 0.395 e. The van der Waals surface area contributed by atoms with Crippen LogP contribution in [0.4, 0.5) is 0 Å². The predicted octanol–water partition coefficient (Wildman–Crippen LogP) is 0.576. The van der Waals surface area contributed by atoms with E-state index in [0.29, 0.717) is 18.6 Å². The number of carbonyl (C=O) groups is 1. The minimum atomic E-state index is 0.0697. The van der Waals surface area contributed by atoms with Crippen LogP contribution in [-0.2, 0) is 4.79 Å². The van der Waals surface area contributed by atoms with Crippen LogP contribution in [0, 0.1) is 0 Å². The molecular formula is C16H29N3O2. The monoisotopic (exact) mass is 295 g/mol. The standard InChI is InChI=1S/C16H29N3O2/c20-12-11-19(13-3-1-4-13)16(21)15-5-2-10-18(15)14-6-8-17-9-7-14/h13-15,17,20H,1-12H2. The summed E-state index contributed by atoms with van der Waals surface area (Å²) in [5.41, 5.74) is 0. The summed E-state index contributed by atoms with van der Waals surface area (Å²) < 4.78 is 0. The van der Waals surface area contributed by atoms with Crippen molar-refractivity contribution in [2.75, 3.05) is 32.8 Å².